The summed E-state index contributed by atoms with van der Waals surface area (Å²) in [5.41, 5.74) is 3.10. The van der Waals surface area contributed by atoms with Crippen molar-refractivity contribution in [3.8, 4) is 5.69 Å². The van der Waals surface area contributed by atoms with Gasteiger partial charge >= 0.3 is 6.09 Å². The first kappa shape index (κ1) is 19.2. The number of carbonyl (C=O) groups is 1. The van der Waals surface area contributed by atoms with E-state index in [1.165, 1.54) is 23.3 Å². The molecule has 2 unspecified atom stereocenters. The van der Waals surface area contributed by atoms with E-state index in [2.05, 4.69) is 27.6 Å². The summed E-state index contributed by atoms with van der Waals surface area (Å²) in [5, 5.41) is 11.3. The van der Waals surface area contributed by atoms with Gasteiger partial charge in [-0.2, -0.15) is 0 Å². The van der Waals surface area contributed by atoms with Crippen LogP contribution in [0.5, 0.6) is 0 Å². The van der Waals surface area contributed by atoms with Gasteiger partial charge in [-0.25, -0.2) is 14.8 Å². The van der Waals surface area contributed by atoms with Crippen LogP contribution in [0.2, 0.25) is 5.02 Å². The molecule has 0 bridgehead atoms. The van der Waals surface area contributed by atoms with Crippen LogP contribution in [0.25, 0.3) is 16.7 Å². The number of piperazine rings is 1. The fourth-order valence-electron chi connectivity index (χ4n) is 4.51. The Hall–Kier alpha value is -2.80. The summed E-state index contributed by atoms with van der Waals surface area (Å²) < 4.78 is 2.10. The summed E-state index contributed by atoms with van der Waals surface area (Å²) in [4.78, 5) is 24.7. The SMILES string of the molecule is CC1CN(c2ncnc3c2c(C2CC2)cn3-c2cccc(Cl)c2)C(C)CN1C(=O)O. The molecule has 30 heavy (non-hydrogen) atoms. The first-order chi connectivity index (χ1) is 14.4. The molecule has 1 aromatic carbocycles. The number of hydrogen-bond donors (Lipinski definition) is 1. The van der Waals surface area contributed by atoms with E-state index >= 15 is 0 Å². The van der Waals surface area contributed by atoms with E-state index in [9.17, 15) is 9.90 Å². The smallest absolute Gasteiger partial charge is 0.407 e. The number of nitrogens with zero attached hydrogens (tertiary/aromatic N) is 5. The molecular formula is C22H24ClN5O2. The molecule has 3 heterocycles. The molecule has 1 saturated carbocycles. The van der Waals surface area contributed by atoms with Crippen LogP contribution in [0.3, 0.4) is 0 Å². The van der Waals surface area contributed by atoms with E-state index in [0.717, 1.165) is 22.5 Å². The fourth-order valence-corrected chi connectivity index (χ4v) is 4.69. The van der Waals surface area contributed by atoms with E-state index in [-0.39, 0.29) is 12.1 Å². The Balaban J connectivity index is 1.64. The van der Waals surface area contributed by atoms with E-state index in [1.54, 1.807) is 6.33 Å². The Kier molecular flexibility index (Phi) is 4.58. The summed E-state index contributed by atoms with van der Waals surface area (Å²) >= 11 is 6.25. The van der Waals surface area contributed by atoms with Crippen molar-refractivity contribution in [3.63, 3.8) is 0 Å². The Morgan fingerprint density at radius 3 is 2.67 bits per heavy atom. The molecule has 8 heteroatoms. The van der Waals surface area contributed by atoms with Gasteiger partial charge in [-0.15, -0.1) is 0 Å². The average Bonchev–Trinajstić information content (AvgIpc) is 3.49. The van der Waals surface area contributed by atoms with Crippen LogP contribution in [-0.2, 0) is 0 Å². The van der Waals surface area contributed by atoms with E-state index in [1.807, 2.05) is 31.2 Å². The van der Waals surface area contributed by atoms with Gasteiger partial charge in [-0.05, 0) is 56.4 Å². The van der Waals surface area contributed by atoms with Gasteiger partial charge in [0.15, 0.2) is 0 Å². The third-order valence-corrected chi connectivity index (χ3v) is 6.43. The zero-order valence-corrected chi connectivity index (χ0v) is 17.8. The second-order valence-electron chi connectivity index (χ2n) is 8.39. The van der Waals surface area contributed by atoms with Crippen molar-refractivity contribution >= 4 is 34.5 Å². The number of halogens is 1. The normalized spacial score (nSPS) is 22.0. The van der Waals surface area contributed by atoms with Gasteiger partial charge in [0.05, 0.1) is 5.39 Å². The van der Waals surface area contributed by atoms with Crippen LogP contribution in [0.4, 0.5) is 10.6 Å². The number of anilines is 1. The van der Waals surface area contributed by atoms with Crippen LogP contribution in [-0.4, -0.2) is 55.8 Å². The minimum Gasteiger partial charge on any atom is -0.465 e. The standard InChI is InChI=1S/C22H24ClN5O2/c1-13-10-27(22(29)30)14(2)9-26(13)20-19-18(15-6-7-15)11-28(21(19)25-12-24-20)17-5-3-4-16(23)8-17/h3-5,8,11-15H,6-7,9-10H2,1-2H3,(H,29,30). The maximum Gasteiger partial charge on any atom is 0.407 e. The highest BCUT2D eigenvalue weighted by atomic mass is 35.5. The number of fused-ring (bicyclic) bond motifs is 1. The van der Waals surface area contributed by atoms with Crippen molar-refractivity contribution in [1.29, 1.82) is 0 Å². The first-order valence-corrected chi connectivity index (χ1v) is 10.7. The number of carboxylic acid groups (broad SMARTS) is 1. The predicted molar refractivity (Wildman–Crippen MR) is 117 cm³/mol. The molecule has 2 atom stereocenters. The molecular weight excluding hydrogens is 402 g/mol. The maximum atomic E-state index is 11.6. The minimum atomic E-state index is -0.868. The average molecular weight is 426 g/mol. The quantitative estimate of drug-likeness (QED) is 0.667. The lowest BCUT2D eigenvalue weighted by atomic mass is 10.1. The Morgan fingerprint density at radius 2 is 1.97 bits per heavy atom. The molecule has 2 fully saturated rings. The van der Waals surface area contributed by atoms with Crippen molar-refractivity contribution < 1.29 is 9.90 Å². The van der Waals surface area contributed by atoms with Crippen molar-refractivity contribution in [1.82, 2.24) is 19.4 Å². The largest absolute Gasteiger partial charge is 0.465 e. The van der Waals surface area contributed by atoms with Crippen molar-refractivity contribution in [2.75, 3.05) is 18.0 Å². The lowest BCUT2D eigenvalue weighted by Crippen LogP contribution is -2.58. The predicted octanol–water partition coefficient (Wildman–Crippen LogP) is 4.53. The molecule has 0 spiro atoms. The zero-order chi connectivity index (χ0) is 21.0. The topological polar surface area (TPSA) is 74.5 Å². The molecule has 3 aromatic rings. The van der Waals surface area contributed by atoms with Gasteiger partial charge in [0, 0.05) is 42.1 Å². The number of hydrogen-bond acceptors (Lipinski definition) is 4. The van der Waals surface area contributed by atoms with Crippen LogP contribution in [0, 0.1) is 0 Å². The number of benzene rings is 1. The molecule has 2 aromatic heterocycles. The van der Waals surface area contributed by atoms with Crippen molar-refractivity contribution in [3.05, 3.63) is 47.4 Å². The molecule has 2 aliphatic rings. The van der Waals surface area contributed by atoms with E-state index in [4.69, 9.17) is 16.6 Å². The van der Waals surface area contributed by atoms with Gasteiger partial charge in [-0.3, -0.25) is 0 Å². The van der Waals surface area contributed by atoms with Gasteiger partial charge in [-0.1, -0.05) is 17.7 Å². The third-order valence-electron chi connectivity index (χ3n) is 6.20. The lowest BCUT2D eigenvalue weighted by molar-refractivity contribution is 0.114. The van der Waals surface area contributed by atoms with Crippen molar-refractivity contribution in [2.45, 2.75) is 44.7 Å². The molecule has 1 N–H and O–H groups in total. The molecule has 1 saturated heterocycles. The highest BCUT2D eigenvalue weighted by Gasteiger charge is 2.36. The lowest BCUT2D eigenvalue weighted by Gasteiger charge is -2.43. The molecule has 156 valence electrons. The maximum absolute atomic E-state index is 11.6. The molecule has 1 aliphatic carbocycles. The molecule has 1 aliphatic heterocycles. The van der Waals surface area contributed by atoms with Gasteiger partial charge in [0.1, 0.15) is 17.8 Å². The summed E-state index contributed by atoms with van der Waals surface area (Å²) in [7, 11) is 0. The van der Waals surface area contributed by atoms with E-state index < -0.39 is 6.09 Å². The van der Waals surface area contributed by atoms with Gasteiger partial charge in [0.25, 0.3) is 0 Å². The zero-order valence-electron chi connectivity index (χ0n) is 17.0. The highest BCUT2D eigenvalue weighted by molar-refractivity contribution is 6.30. The second kappa shape index (κ2) is 7.16. The molecule has 1 amide bonds. The number of rotatable bonds is 3. The van der Waals surface area contributed by atoms with E-state index in [0.29, 0.717) is 24.0 Å². The Labute approximate surface area is 179 Å². The monoisotopic (exact) mass is 425 g/mol. The first-order valence-electron chi connectivity index (χ1n) is 10.3. The van der Waals surface area contributed by atoms with Crippen LogP contribution in [0.1, 0.15) is 38.2 Å². The van der Waals surface area contributed by atoms with Gasteiger partial charge in [0.2, 0.25) is 0 Å². The summed E-state index contributed by atoms with van der Waals surface area (Å²) in [6, 6.07) is 7.69. The summed E-state index contributed by atoms with van der Waals surface area (Å²) in [6.07, 6.45) is 5.25. The van der Waals surface area contributed by atoms with Crippen LogP contribution in [0.15, 0.2) is 36.8 Å². The molecule has 0 radical (unpaired) electrons. The molecule has 5 rings (SSSR count). The number of amides is 1. The third kappa shape index (κ3) is 3.17. The Bertz CT molecular complexity index is 1130. The summed E-state index contributed by atoms with van der Waals surface area (Å²) in [5.74, 6) is 1.41. The van der Waals surface area contributed by atoms with Crippen LogP contribution < -0.4 is 4.90 Å². The van der Waals surface area contributed by atoms with Crippen LogP contribution >= 0.6 is 11.6 Å². The minimum absolute atomic E-state index is 0.0250. The molecule has 7 nitrogen and oxygen atoms in total. The number of aromatic nitrogens is 3. The fraction of sp³-hybridized carbons (Fsp3) is 0.409. The second-order valence-corrected chi connectivity index (χ2v) is 8.83. The highest BCUT2D eigenvalue weighted by Crippen LogP contribution is 2.46. The Morgan fingerprint density at radius 1 is 1.17 bits per heavy atom. The van der Waals surface area contributed by atoms with Gasteiger partial charge < -0.3 is 19.5 Å². The van der Waals surface area contributed by atoms with Crippen molar-refractivity contribution in [2.24, 2.45) is 0 Å². The summed E-state index contributed by atoms with van der Waals surface area (Å²) in [6.45, 7) is 5.06.